The van der Waals surface area contributed by atoms with E-state index in [0.29, 0.717) is 36.2 Å². The van der Waals surface area contributed by atoms with Gasteiger partial charge in [-0.25, -0.2) is 13.9 Å². The molecule has 0 spiro atoms. The Balaban J connectivity index is 0.000000196. The summed E-state index contributed by atoms with van der Waals surface area (Å²) in [5.74, 6) is -0.562. The summed E-state index contributed by atoms with van der Waals surface area (Å²) in [4.78, 5) is 15.0. The summed E-state index contributed by atoms with van der Waals surface area (Å²) in [6.07, 6.45) is 3.68. The number of benzene rings is 2. The maximum atomic E-state index is 14.0. The molecule has 1 fully saturated rings. The molecule has 4 nitrogen and oxygen atoms in total. The van der Waals surface area contributed by atoms with Gasteiger partial charge in [0, 0.05) is 6.42 Å². The van der Waals surface area contributed by atoms with Gasteiger partial charge in [-0.1, -0.05) is 66.4 Å². The van der Waals surface area contributed by atoms with Crippen LogP contribution in [0, 0.1) is 30.4 Å². The van der Waals surface area contributed by atoms with Crippen LogP contribution in [0.3, 0.4) is 0 Å². The Morgan fingerprint density at radius 1 is 1.09 bits per heavy atom. The lowest BCUT2D eigenvalue weighted by Gasteiger charge is -2.35. The van der Waals surface area contributed by atoms with Gasteiger partial charge in [0.1, 0.15) is 11.6 Å². The summed E-state index contributed by atoms with van der Waals surface area (Å²) in [5, 5.41) is 0.811. The molecule has 184 valence electrons. The standard InChI is InChI=1S/C15H20FN.C13H10F2N2O/c1-11-4-7-14(8-5-11)13(3)17(16)10-15-9-6-12(15)2;14-9-3-1-8(2-4-9)5-12-11(13(16)18)6-10(15)7-17-12/h4-5,7-8,12,15H,3,6,9-10H2,1-2H3;1-4,6-7H,5H2,(H2,16,18)/t12?,15-;/m0./s1. The zero-order valence-electron chi connectivity index (χ0n) is 20.0. The number of nitrogens with zero attached hydrogens (tertiary/aromatic N) is 2. The highest BCUT2D eigenvalue weighted by molar-refractivity contribution is 5.93. The van der Waals surface area contributed by atoms with E-state index in [4.69, 9.17) is 5.73 Å². The van der Waals surface area contributed by atoms with Crippen molar-refractivity contribution in [3.63, 3.8) is 0 Å². The third-order valence-corrected chi connectivity index (χ3v) is 6.36. The molecule has 3 aromatic rings. The number of aryl methyl sites for hydroxylation is 1. The molecule has 1 aromatic heterocycles. The minimum Gasteiger partial charge on any atom is -0.366 e. The molecule has 0 radical (unpaired) electrons. The normalized spacial score (nSPS) is 16.5. The summed E-state index contributed by atoms with van der Waals surface area (Å²) in [7, 11) is 0. The number of halogens is 3. The van der Waals surface area contributed by atoms with E-state index >= 15 is 0 Å². The predicted octanol–water partition coefficient (Wildman–Crippen LogP) is 6.25. The van der Waals surface area contributed by atoms with Crippen molar-refractivity contribution < 1.29 is 18.1 Å². The lowest BCUT2D eigenvalue weighted by Crippen LogP contribution is -2.32. The van der Waals surface area contributed by atoms with Gasteiger partial charge in [-0.2, -0.15) is 0 Å². The van der Waals surface area contributed by atoms with Crippen molar-refractivity contribution >= 4 is 11.6 Å². The zero-order chi connectivity index (χ0) is 25.5. The first kappa shape index (κ1) is 26.0. The van der Waals surface area contributed by atoms with E-state index in [0.717, 1.165) is 34.9 Å². The molecule has 4 rings (SSSR count). The Labute approximate surface area is 204 Å². The third-order valence-electron chi connectivity index (χ3n) is 6.36. The zero-order valence-corrected chi connectivity index (χ0v) is 20.0. The summed E-state index contributed by atoms with van der Waals surface area (Å²) in [6, 6.07) is 14.6. The molecular formula is C28H30F3N3O. The van der Waals surface area contributed by atoms with Gasteiger partial charge < -0.3 is 5.73 Å². The van der Waals surface area contributed by atoms with Crippen molar-refractivity contribution in [3.05, 3.63) is 107 Å². The van der Waals surface area contributed by atoms with Crippen LogP contribution in [0.4, 0.5) is 13.3 Å². The number of amides is 1. The van der Waals surface area contributed by atoms with Gasteiger partial charge in [-0.05, 0) is 54.5 Å². The van der Waals surface area contributed by atoms with E-state index in [2.05, 4.69) is 18.5 Å². The molecule has 35 heavy (non-hydrogen) atoms. The second-order valence-electron chi connectivity index (χ2n) is 8.99. The number of aromatic nitrogens is 1. The number of hydrogen-bond donors (Lipinski definition) is 1. The molecule has 2 aromatic carbocycles. The fourth-order valence-corrected chi connectivity index (χ4v) is 3.83. The van der Waals surface area contributed by atoms with Crippen molar-refractivity contribution in [2.45, 2.75) is 33.1 Å². The van der Waals surface area contributed by atoms with Gasteiger partial charge in [-0.3, -0.25) is 9.78 Å². The lowest BCUT2D eigenvalue weighted by atomic mass is 9.75. The van der Waals surface area contributed by atoms with Gasteiger partial charge in [0.25, 0.3) is 5.91 Å². The van der Waals surface area contributed by atoms with Crippen LogP contribution in [0.1, 0.15) is 52.5 Å². The van der Waals surface area contributed by atoms with Crippen LogP contribution in [0.25, 0.3) is 5.70 Å². The number of rotatable bonds is 7. The number of hydrogen-bond acceptors (Lipinski definition) is 3. The average molecular weight is 482 g/mol. The monoisotopic (exact) mass is 481 g/mol. The molecule has 1 aliphatic carbocycles. The first-order valence-electron chi connectivity index (χ1n) is 11.5. The van der Waals surface area contributed by atoms with E-state index in [1.54, 1.807) is 12.1 Å². The molecule has 1 amide bonds. The smallest absolute Gasteiger partial charge is 0.250 e. The Morgan fingerprint density at radius 3 is 2.29 bits per heavy atom. The van der Waals surface area contributed by atoms with Crippen molar-refractivity contribution in [2.75, 3.05) is 6.54 Å². The third kappa shape index (κ3) is 7.18. The summed E-state index contributed by atoms with van der Waals surface area (Å²) < 4.78 is 39.7. The van der Waals surface area contributed by atoms with Crippen molar-refractivity contribution in [1.82, 2.24) is 10.1 Å². The highest BCUT2D eigenvalue weighted by atomic mass is 19.2. The van der Waals surface area contributed by atoms with Gasteiger partial charge >= 0.3 is 0 Å². The Hall–Kier alpha value is -3.61. The molecular weight excluding hydrogens is 451 g/mol. The highest BCUT2D eigenvalue weighted by Crippen LogP contribution is 2.35. The van der Waals surface area contributed by atoms with Gasteiger partial charge in [0.05, 0.1) is 29.7 Å². The van der Waals surface area contributed by atoms with Crippen molar-refractivity contribution in [2.24, 2.45) is 17.6 Å². The van der Waals surface area contributed by atoms with Gasteiger partial charge in [0.2, 0.25) is 0 Å². The number of carbonyl (C=O) groups is 1. The van der Waals surface area contributed by atoms with Crippen LogP contribution < -0.4 is 5.73 Å². The number of carbonyl (C=O) groups excluding carboxylic acids is 1. The Morgan fingerprint density at radius 2 is 1.74 bits per heavy atom. The molecule has 1 saturated carbocycles. The fourth-order valence-electron chi connectivity index (χ4n) is 3.83. The second kappa shape index (κ2) is 11.7. The molecule has 7 heteroatoms. The first-order chi connectivity index (χ1) is 16.6. The quantitative estimate of drug-likeness (QED) is 0.406. The highest BCUT2D eigenvalue weighted by Gasteiger charge is 2.29. The summed E-state index contributed by atoms with van der Waals surface area (Å²) in [5.41, 5.74) is 8.85. The minimum absolute atomic E-state index is 0.0410. The van der Waals surface area contributed by atoms with E-state index in [9.17, 15) is 18.1 Å². The van der Waals surface area contributed by atoms with Crippen LogP contribution in [0.5, 0.6) is 0 Å². The summed E-state index contributed by atoms with van der Waals surface area (Å²) >= 11 is 0. The second-order valence-corrected chi connectivity index (χ2v) is 8.99. The minimum atomic E-state index is -0.737. The largest absolute Gasteiger partial charge is 0.366 e. The van der Waals surface area contributed by atoms with Gasteiger partial charge in [0.15, 0.2) is 0 Å². The molecule has 2 atom stereocenters. The van der Waals surface area contributed by atoms with E-state index in [-0.39, 0.29) is 11.4 Å². The molecule has 1 aliphatic rings. The molecule has 0 saturated heterocycles. The molecule has 1 heterocycles. The maximum Gasteiger partial charge on any atom is 0.250 e. The molecule has 0 aliphatic heterocycles. The summed E-state index contributed by atoms with van der Waals surface area (Å²) in [6.45, 7) is 8.54. The van der Waals surface area contributed by atoms with Gasteiger partial charge in [-0.15, -0.1) is 0 Å². The SMILES string of the molecule is C=C(c1ccc(C)cc1)N(F)C[C@@H]1CCC1C.NC(=O)c1cc(F)cnc1Cc1ccc(F)cc1. The van der Waals surface area contributed by atoms with E-state index in [1.165, 1.54) is 24.1 Å². The molecule has 1 unspecified atom stereocenters. The van der Waals surface area contributed by atoms with Crippen LogP contribution in [0.15, 0.2) is 67.4 Å². The van der Waals surface area contributed by atoms with E-state index in [1.807, 2.05) is 31.2 Å². The maximum absolute atomic E-state index is 14.0. The number of pyridine rings is 1. The van der Waals surface area contributed by atoms with Crippen LogP contribution in [0.2, 0.25) is 0 Å². The van der Waals surface area contributed by atoms with Crippen LogP contribution in [-0.2, 0) is 6.42 Å². The van der Waals surface area contributed by atoms with E-state index < -0.39 is 11.7 Å². The fraction of sp³-hybridized carbons (Fsp3) is 0.286. The number of primary amides is 1. The molecule has 0 bridgehead atoms. The Bertz CT molecular complexity index is 1160. The first-order valence-corrected chi connectivity index (χ1v) is 11.5. The number of nitrogens with two attached hydrogens (primary N) is 1. The van der Waals surface area contributed by atoms with Crippen LogP contribution >= 0.6 is 0 Å². The lowest BCUT2D eigenvalue weighted by molar-refractivity contribution is 0.0402. The van der Waals surface area contributed by atoms with Crippen LogP contribution in [-0.4, -0.2) is 22.6 Å². The van der Waals surface area contributed by atoms with Crippen molar-refractivity contribution in [1.29, 1.82) is 0 Å². The molecule has 2 N–H and O–H groups in total. The Kier molecular flexibility index (Phi) is 8.68. The average Bonchev–Trinajstić information content (AvgIpc) is 2.84. The van der Waals surface area contributed by atoms with Crippen molar-refractivity contribution in [3.8, 4) is 0 Å². The topological polar surface area (TPSA) is 59.2 Å². The predicted molar refractivity (Wildman–Crippen MR) is 132 cm³/mol.